The van der Waals surface area contributed by atoms with E-state index in [0.717, 1.165) is 45.8 Å². The largest absolute Gasteiger partial charge is 0.416 e. The van der Waals surface area contributed by atoms with Crippen molar-refractivity contribution in [1.29, 1.82) is 0 Å². The smallest absolute Gasteiger partial charge is 0.252 e. The molecule has 34 heavy (non-hydrogen) atoms. The zero-order valence-corrected chi connectivity index (χ0v) is 18.4. The van der Waals surface area contributed by atoms with Gasteiger partial charge >= 0.3 is 6.18 Å². The van der Waals surface area contributed by atoms with Crippen molar-refractivity contribution in [3.63, 3.8) is 0 Å². The highest BCUT2D eigenvalue weighted by molar-refractivity contribution is 6.04. The normalized spacial score (nSPS) is 11.6. The minimum atomic E-state index is -4.43. The Kier molecular flexibility index (Phi) is 5.89. The van der Waals surface area contributed by atoms with E-state index in [1.54, 1.807) is 6.07 Å². The minimum Gasteiger partial charge on any atom is -0.252 e. The zero-order valence-electron chi connectivity index (χ0n) is 18.4. The van der Waals surface area contributed by atoms with Gasteiger partial charge in [0.15, 0.2) is 0 Å². The third-order valence-electron chi connectivity index (χ3n) is 6.01. The SMILES string of the molecule is FC(F)(F)c1ccc2c(CCc3ccccc3)nc(-c3ccccc3)c(-c3ccccc3)c2c1. The van der Waals surface area contributed by atoms with Gasteiger partial charge in [-0.05, 0) is 41.5 Å². The molecule has 0 aliphatic rings. The molecule has 1 nitrogen and oxygen atoms in total. The molecule has 5 aromatic rings. The topological polar surface area (TPSA) is 12.9 Å². The fourth-order valence-electron chi connectivity index (χ4n) is 4.36. The molecule has 0 saturated heterocycles. The van der Waals surface area contributed by atoms with Gasteiger partial charge in [-0.1, -0.05) is 97.1 Å². The number of hydrogen-bond donors (Lipinski definition) is 0. The van der Waals surface area contributed by atoms with E-state index >= 15 is 0 Å². The van der Waals surface area contributed by atoms with Gasteiger partial charge in [-0.2, -0.15) is 13.2 Å². The number of benzene rings is 4. The number of fused-ring (bicyclic) bond motifs is 1. The summed E-state index contributed by atoms with van der Waals surface area (Å²) in [5.41, 5.74) is 4.44. The summed E-state index contributed by atoms with van der Waals surface area (Å²) in [4.78, 5) is 5.07. The first-order chi connectivity index (χ1) is 16.5. The molecule has 0 fully saturated rings. The molecule has 0 aliphatic heterocycles. The average Bonchev–Trinajstić information content (AvgIpc) is 2.87. The first kappa shape index (κ1) is 21.9. The Morgan fingerprint density at radius 3 is 1.79 bits per heavy atom. The number of halogens is 3. The fourth-order valence-corrected chi connectivity index (χ4v) is 4.36. The molecule has 0 radical (unpaired) electrons. The van der Waals surface area contributed by atoms with Gasteiger partial charge in [0.25, 0.3) is 0 Å². The van der Waals surface area contributed by atoms with Crippen molar-refractivity contribution in [2.45, 2.75) is 19.0 Å². The molecule has 5 rings (SSSR count). The van der Waals surface area contributed by atoms with E-state index in [0.29, 0.717) is 17.5 Å². The van der Waals surface area contributed by atoms with Crippen molar-refractivity contribution in [3.05, 3.63) is 126 Å². The van der Waals surface area contributed by atoms with Crippen LogP contribution in [-0.2, 0) is 19.0 Å². The summed E-state index contributed by atoms with van der Waals surface area (Å²) in [5.74, 6) is 0. The van der Waals surface area contributed by atoms with Crippen LogP contribution in [0.4, 0.5) is 13.2 Å². The van der Waals surface area contributed by atoms with Crippen molar-refractivity contribution in [2.75, 3.05) is 0 Å². The van der Waals surface area contributed by atoms with Crippen LogP contribution in [-0.4, -0.2) is 4.98 Å². The molecule has 0 saturated carbocycles. The quantitative estimate of drug-likeness (QED) is 0.260. The van der Waals surface area contributed by atoms with Gasteiger partial charge in [0.1, 0.15) is 0 Å². The van der Waals surface area contributed by atoms with Crippen LogP contribution in [0.5, 0.6) is 0 Å². The van der Waals surface area contributed by atoms with E-state index < -0.39 is 11.7 Å². The van der Waals surface area contributed by atoms with Gasteiger partial charge in [-0.25, -0.2) is 0 Å². The maximum Gasteiger partial charge on any atom is 0.416 e. The van der Waals surface area contributed by atoms with Gasteiger partial charge in [0.2, 0.25) is 0 Å². The lowest BCUT2D eigenvalue weighted by molar-refractivity contribution is -0.137. The third-order valence-corrected chi connectivity index (χ3v) is 6.01. The van der Waals surface area contributed by atoms with Crippen molar-refractivity contribution in [3.8, 4) is 22.4 Å². The lowest BCUT2D eigenvalue weighted by Crippen LogP contribution is -2.06. The van der Waals surface area contributed by atoms with Crippen LogP contribution in [0.1, 0.15) is 16.8 Å². The Morgan fingerprint density at radius 2 is 1.18 bits per heavy atom. The van der Waals surface area contributed by atoms with Crippen LogP contribution in [0, 0.1) is 0 Å². The predicted octanol–water partition coefficient (Wildman–Crippen LogP) is 8.37. The molecule has 0 atom stereocenters. The van der Waals surface area contributed by atoms with Gasteiger partial charge in [-0.3, -0.25) is 4.98 Å². The van der Waals surface area contributed by atoms with Crippen molar-refractivity contribution >= 4 is 10.8 Å². The number of hydrogen-bond acceptors (Lipinski definition) is 1. The predicted molar refractivity (Wildman–Crippen MR) is 131 cm³/mol. The van der Waals surface area contributed by atoms with Gasteiger partial charge < -0.3 is 0 Å². The monoisotopic (exact) mass is 453 g/mol. The number of aromatic nitrogens is 1. The lowest BCUT2D eigenvalue weighted by Gasteiger charge is -2.18. The van der Waals surface area contributed by atoms with Crippen molar-refractivity contribution in [1.82, 2.24) is 4.98 Å². The van der Waals surface area contributed by atoms with Gasteiger partial charge in [0, 0.05) is 22.2 Å². The van der Waals surface area contributed by atoms with Crippen LogP contribution >= 0.6 is 0 Å². The molecular weight excluding hydrogens is 431 g/mol. The summed E-state index contributed by atoms with van der Waals surface area (Å²) >= 11 is 0. The maximum atomic E-state index is 13.7. The van der Waals surface area contributed by atoms with Crippen molar-refractivity contribution in [2.24, 2.45) is 0 Å². The first-order valence-corrected chi connectivity index (χ1v) is 11.2. The highest BCUT2D eigenvalue weighted by atomic mass is 19.4. The standard InChI is InChI=1S/C30H22F3N/c31-30(32,33)24-17-18-25-26(20-24)28(22-12-6-2-7-13-22)29(23-14-8-3-9-15-23)34-27(25)19-16-21-10-4-1-5-11-21/h1-15,17-18,20H,16,19H2. The summed E-state index contributed by atoms with van der Waals surface area (Å²) < 4.78 is 41.2. The van der Waals surface area contributed by atoms with E-state index in [-0.39, 0.29) is 0 Å². The Hall–Kier alpha value is -3.92. The number of rotatable bonds is 5. The molecule has 4 heteroatoms. The molecule has 4 aromatic carbocycles. The van der Waals surface area contributed by atoms with Crippen LogP contribution in [0.2, 0.25) is 0 Å². The van der Waals surface area contributed by atoms with Crippen LogP contribution < -0.4 is 0 Å². The Balaban J connectivity index is 1.79. The number of aryl methyl sites for hydroxylation is 2. The molecular formula is C30H22F3N. The molecule has 0 bridgehead atoms. The highest BCUT2D eigenvalue weighted by Gasteiger charge is 2.31. The maximum absolute atomic E-state index is 13.7. The van der Waals surface area contributed by atoms with Crippen molar-refractivity contribution < 1.29 is 13.2 Å². The summed E-state index contributed by atoms with van der Waals surface area (Å²) in [5, 5.41) is 1.32. The Morgan fingerprint density at radius 1 is 0.588 bits per heavy atom. The first-order valence-electron chi connectivity index (χ1n) is 11.2. The molecule has 1 aromatic heterocycles. The van der Waals surface area contributed by atoms with E-state index in [1.165, 1.54) is 6.07 Å². The highest BCUT2D eigenvalue weighted by Crippen LogP contribution is 2.41. The number of pyridine rings is 1. The number of nitrogens with zero attached hydrogens (tertiary/aromatic N) is 1. The lowest BCUT2D eigenvalue weighted by atomic mass is 9.91. The van der Waals surface area contributed by atoms with E-state index in [4.69, 9.17) is 4.98 Å². The third kappa shape index (κ3) is 4.44. The van der Waals surface area contributed by atoms with Crippen LogP contribution in [0.15, 0.2) is 109 Å². The van der Waals surface area contributed by atoms with Gasteiger partial charge in [0.05, 0.1) is 11.3 Å². The molecule has 168 valence electrons. The van der Waals surface area contributed by atoms with E-state index in [9.17, 15) is 13.2 Å². The molecule has 0 aliphatic carbocycles. The summed E-state index contributed by atoms with van der Waals surface area (Å²) in [7, 11) is 0. The molecule has 0 N–H and O–H groups in total. The fraction of sp³-hybridized carbons (Fsp3) is 0.100. The average molecular weight is 454 g/mol. The second-order valence-electron chi connectivity index (χ2n) is 8.26. The second kappa shape index (κ2) is 9.14. The summed E-state index contributed by atoms with van der Waals surface area (Å²) in [6.45, 7) is 0. The Labute approximate surface area is 196 Å². The molecule has 0 unspecified atom stereocenters. The van der Waals surface area contributed by atoms with Crippen LogP contribution in [0.3, 0.4) is 0 Å². The molecule has 1 heterocycles. The molecule has 0 amide bonds. The number of alkyl halides is 3. The Bertz CT molecular complexity index is 1410. The minimum absolute atomic E-state index is 0.568. The summed E-state index contributed by atoms with van der Waals surface area (Å²) in [6, 6.07) is 33.3. The summed E-state index contributed by atoms with van der Waals surface area (Å²) in [6.07, 6.45) is -3.05. The van der Waals surface area contributed by atoms with E-state index in [1.807, 2.05) is 78.9 Å². The van der Waals surface area contributed by atoms with Gasteiger partial charge in [-0.15, -0.1) is 0 Å². The second-order valence-corrected chi connectivity index (χ2v) is 8.26. The van der Waals surface area contributed by atoms with Crippen LogP contribution in [0.25, 0.3) is 33.2 Å². The zero-order chi connectivity index (χ0) is 23.5. The van der Waals surface area contributed by atoms with E-state index in [2.05, 4.69) is 12.1 Å². The molecule has 0 spiro atoms.